The van der Waals surface area contributed by atoms with Crippen molar-refractivity contribution in [2.45, 2.75) is 51.9 Å². The number of aryl methyl sites for hydroxylation is 1. The molecule has 0 radical (unpaired) electrons. The molecule has 0 saturated heterocycles. The predicted molar refractivity (Wildman–Crippen MR) is 82.4 cm³/mol. The molecule has 0 bridgehead atoms. The highest BCUT2D eigenvalue weighted by atomic mass is 16.4. The Morgan fingerprint density at radius 2 is 1.80 bits per heavy atom. The Morgan fingerprint density at radius 1 is 1.15 bits per heavy atom. The molecule has 0 atom stereocenters. The van der Waals surface area contributed by atoms with Crippen molar-refractivity contribution in [1.29, 1.82) is 0 Å². The molecule has 0 aromatic heterocycles. The Kier molecular flexibility index (Phi) is 8.11. The summed E-state index contributed by atoms with van der Waals surface area (Å²) in [5.74, 6) is -0.434. The first-order chi connectivity index (χ1) is 9.76. The van der Waals surface area contributed by atoms with Gasteiger partial charge in [0.15, 0.2) is 0 Å². The number of hydrogen-bond acceptors (Lipinski definition) is 3. The Bertz CT molecular complexity index is 413. The maximum atomic E-state index is 11.2. The molecule has 0 aliphatic rings. The molecule has 0 spiro atoms. The number of carbonyl (C=O) groups excluding carboxylic acids is 1. The summed E-state index contributed by atoms with van der Waals surface area (Å²) in [5.41, 5.74) is 2.00. The standard InChI is InChI=1S/C16H24N2O2/c1-2-3-4-5-6-7-8-14-9-11-15(12-10-14)18-16(19)13-17-20/h9-13,20H,2-8H2,1H3,(H,18,19)/b17-13-. The molecule has 4 nitrogen and oxygen atoms in total. The highest BCUT2D eigenvalue weighted by Crippen LogP contribution is 2.13. The van der Waals surface area contributed by atoms with E-state index < -0.39 is 5.91 Å². The number of anilines is 1. The molecular weight excluding hydrogens is 252 g/mol. The lowest BCUT2D eigenvalue weighted by atomic mass is 10.0. The number of nitrogens with zero attached hydrogens (tertiary/aromatic N) is 1. The Balaban J connectivity index is 2.26. The smallest absolute Gasteiger partial charge is 0.270 e. The fraction of sp³-hybridized carbons (Fsp3) is 0.500. The average molecular weight is 276 g/mol. The molecule has 2 N–H and O–H groups in total. The van der Waals surface area contributed by atoms with E-state index in [9.17, 15) is 4.79 Å². The molecule has 1 aromatic carbocycles. The number of hydrogen-bond donors (Lipinski definition) is 2. The number of nitrogens with one attached hydrogen (secondary N) is 1. The van der Waals surface area contributed by atoms with Gasteiger partial charge in [0.05, 0.1) is 0 Å². The van der Waals surface area contributed by atoms with E-state index in [2.05, 4.69) is 17.4 Å². The van der Waals surface area contributed by atoms with Gasteiger partial charge in [0.2, 0.25) is 0 Å². The van der Waals surface area contributed by atoms with Crippen molar-refractivity contribution >= 4 is 17.8 Å². The molecule has 0 aliphatic heterocycles. The van der Waals surface area contributed by atoms with Gasteiger partial charge in [0.1, 0.15) is 6.21 Å². The van der Waals surface area contributed by atoms with Gasteiger partial charge < -0.3 is 10.5 Å². The minimum absolute atomic E-state index is 0.434. The second-order valence-electron chi connectivity index (χ2n) is 4.95. The molecule has 0 unspecified atom stereocenters. The zero-order valence-corrected chi connectivity index (χ0v) is 12.1. The van der Waals surface area contributed by atoms with Crippen LogP contribution in [0, 0.1) is 0 Å². The van der Waals surface area contributed by atoms with Gasteiger partial charge in [-0.2, -0.15) is 0 Å². The minimum atomic E-state index is -0.434. The van der Waals surface area contributed by atoms with Crippen LogP contribution in [0.3, 0.4) is 0 Å². The normalized spacial score (nSPS) is 10.8. The van der Waals surface area contributed by atoms with Crippen molar-refractivity contribution in [2.75, 3.05) is 5.32 Å². The first-order valence-electron chi connectivity index (χ1n) is 7.33. The van der Waals surface area contributed by atoms with Crippen molar-refractivity contribution < 1.29 is 10.0 Å². The fourth-order valence-electron chi connectivity index (χ4n) is 2.09. The summed E-state index contributed by atoms with van der Waals surface area (Å²) in [6.45, 7) is 2.23. The van der Waals surface area contributed by atoms with E-state index in [0.29, 0.717) is 5.69 Å². The van der Waals surface area contributed by atoms with Crippen LogP contribution < -0.4 is 5.32 Å². The van der Waals surface area contributed by atoms with Gasteiger partial charge in [-0.1, -0.05) is 56.3 Å². The van der Waals surface area contributed by atoms with Crippen LogP contribution in [0.5, 0.6) is 0 Å². The van der Waals surface area contributed by atoms with Crippen molar-refractivity contribution in [3.05, 3.63) is 29.8 Å². The Morgan fingerprint density at radius 3 is 2.45 bits per heavy atom. The molecule has 0 fully saturated rings. The number of benzene rings is 1. The monoisotopic (exact) mass is 276 g/mol. The largest absolute Gasteiger partial charge is 0.411 e. The summed E-state index contributed by atoms with van der Waals surface area (Å²) in [5, 5.41) is 13.5. The van der Waals surface area contributed by atoms with Crippen molar-refractivity contribution in [3.63, 3.8) is 0 Å². The molecule has 0 saturated carbocycles. The summed E-state index contributed by atoms with van der Waals surface area (Å²) >= 11 is 0. The molecule has 4 heteroatoms. The third kappa shape index (κ3) is 6.92. The second kappa shape index (κ2) is 10.0. The lowest BCUT2D eigenvalue weighted by molar-refractivity contribution is -0.110. The molecule has 110 valence electrons. The molecule has 1 rings (SSSR count). The van der Waals surface area contributed by atoms with Gasteiger partial charge in [-0.25, -0.2) is 0 Å². The van der Waals surface area contributed by atoms with Crippen LogP contribution in [-0.2, 0) is 11.2 Å². The summed E-state index contributed by atoms with van der Waals surface area (Å²) in [6, 6.07) is 7.79. The first-order valence-corrected chi connectivity index (χ1v) is 7.33. The maximum Gasteiger partial charge on any atom is 0.270 e. The van der Waals surface area contributed by atoms with E-state index >= 15 is 0 Å². The summed E-state index contributed by atoms with van der Waals surface area (Å²) in [4.78, 5) is 11.2. The van der Waals surface area contributed by atoms with Gasteiger partial charge in [0, 0.05) is 5.69 Å². The molecule has 1 aromatic rings. The van der Waals surface area contributed by atoms with Crippen LogP contribution in [0.2, 0.25) is 0 Å². The average Bonchev–Trinajstić information content (AvgIpc) is 2.45. The zero-order chi connectivity index (χ0) is 14.6. The summed E-state index contributed by atoms with van der Waals surface area (Å²) in [7, 11) is 0. The van der Waals surface area contributed by atoms with Crippen LogP contribution in [0.25, 0.3) is 0 Å². The molecule has 0 aliphatic carbocycles. The molecule has 1 amide bonds. The Hall–Kier alpha value is -1.84. The second-order valence-corrected chi connectivity index (χ2v) is 4.95. The topological polar surface area (TPSA) is 61.7 Å². The number of unbranched alkanes of at least 4 members (excludes halogenated alkanes) is 5. The highest BCUT2D eigenvalue weighted by Gasteiger charge is 1.99. The van der Waals surface area contributed by atoms with E-state index in [1.807, 2.05) is 24.3 Å². The lowest BCUT2D eigenvalue weighted by Gasteiger charge is -2.05. The number of carbonyl (C=O) groups is 1. The van der Waals surface area contributed by atoms with Gasteiger partial charge in [-0.3, -0.25) is 4.79 Å². The summed E-state index contributed by atoms with van der Waals surface area (Å²) in [6.07, 6.45) is 9.71. The van der Waals surface area contributed by atoms with Crippen LogP contribution in [0.15, 0.2) is 29.4 Å². The maximum absolute atomic E-state index is 11.2. The van der Waals surface area contributed by atoms with Crippen molar-refractivity contribution in [1.82, 2.24) is 0 Å². The van der Waals surface area contributed by atoms with E-state index in [1.165, 1.54) is 44.1 Å². The first kappa shape index (κ1) is 16.2. The van der Waals surface area contributed by atoms with E-state index in [0.717, 1.165) is 12.6 Å². The third-order valence-corrected chi connectivity index (χ3v) is 3.22. The van der Waals surface area contributed by atoms with Gasteiger partial charge in [-0.15, -0.1) is 0 Å². The van der Waals surface area contributed by atoms with Crippen LogP contribution in [-0.4, -0.2) is 17.3 Å². The van der Waals surface area contributed by atoms with Gasteiger partial charge in [-0.05, 0) is 30.5 Å². The lowest BCUT2D eigenvalue weighted by Crippen LogP contribution is -2.12. The summed E-state index contributed by atoms with van der Waals surface area (Å²) < 4.78 is 0. The predicted octanol–water partition coefficient (Wildman–Crippen LogP) is 3.99. The van der Waals surface area contributed by atoms with Crippen LogP contribution in [0.1, 0.15) is 51.0 Å². The fourth-order valence-corrected chi connectivity index (χ4v) is 2.09. The number of amides is 1. The molecule has 20 heavy (non-hydrogen) atoms. The van der Waals surface area contributed by atoms with E-state index in [4.69, 9.17) is 5.21 Å². The van der Waals surface area contributed by atoms with E-state index in [-0.39, 0.29) is 0 Å². The van der Waals surface area contributed by atoms with Crippen molar-refractivity contribution in [2.24, 2.45) is 5.16 Å². The highest BCUT2D eigenvalue weighted by molar-refractivity contribution is 6.31. The molecular formula is C16H24N2O2. The third-order valence-electron chi connectivity index (χ3n) is 3.22. The van der Waals surface area contributed by atoms with Gasteiger partial charge in [0.25, 0.3) is 5.91 Å². The van der Waals surface area contributed by atoms with Gasteiger partial charge >= 0.3 is 0 Å². The Labute approximate surface area is 120 Å². The minimum Gasteiger partial charge on any atom is -0.411 e. The molecule has 0 heterocycles. The van der Waals surface area contributed by atoms with Crippen LogP contribution in [0.4, 0.5) is 5.69 Å². The zero-order valence-electron chi connectivity index (χ0n) is 12.1. The SMILES string of the molecule is CCCCCCCCc1ccc(NC(=O)/C=N\O)cc1. The van der Waals surface area contributed by atoms with E-state index in [1.54, 1.807) is 0 Å². The quantitative estimate of drug-likeness (QED) is 0.310. The van der Waals surface area contributed by atoms with Crippen LogP contribution >= 0.6 is 0 Å². The number of oxime groups is 1. The van der Waals surface area contributed by atoms with Crippen molar-refractivity contribution in [3.8, 4) is 0 Å². The number of rotatable bonds is 9.